The fourth-order valence-corrected chi connectivity index (χ4v) is 6.49. The Labute approximate surface area is 222 Å². The lowest BCUT2D eigenvalue weighted by Gasteiger charge is -2.60. The van der Waals surface area contributed by atoms with Gasteiger partial charge in [-0.2, -0.15) is 17.6 Å². The molecule has 7 nitrogen and oxygen atoms in total. The highest BCUT2D eigenvalue weighted by molar-refractivity contribution is 7.80. The van der Waals surface area contributed by atoms with Gasteiger partial charge in [-0.1, -0.05) is 42.5 Å². The molecule has 0 spiro atoms. The molecule has 0 bridgehead atoms. The number of pyridine rings is 1. The zero-order valence-corrected chi connectivity index (χ0v) is 21.4. The van der Waals surface area contributed by atoms with Crippen molar-refractivity contribution in [3.8, 4) is 11.3 Å². The number of aliphatic imine (C=N–C) groups is 2. The summed E-state index contributed by atoms with van der Waals surface area (Å²) in [6.07, 6.45) is 13.0. The molecule has 3 aromatic rings. The molecule has 0 amide bonds. The van der Waals surface area contributed by atoms with Crippen LogP contribution in [0.15, 0.2) is 94.9 Å². The molecule has 37 heavy (non-hydrogen) atoms. The summed E-state index contributed by atoms with van der Waals surface area (Å²) in [6, 6.07) is 21.2. The standard InChI is InChI=1S/C29H28N6OS/c37-28-20-36-16-14-33(28)29(11-4-12-29)34(35-15-13-30-18-25(35)19-31-21-35)24-9-7-23-8-10-26(32-27(23)17-24)22-5-2-1-3-6-22/h1-3,5-10,13,15,17-19,21,28H,4,11-12,14,16,20H2/p+1. The third-order valence-electron chi connectivity index (χ3n) is 7.96. The summed E-state index contributed by atoms with van der Waals surface area (Å²) >= 11 is 4.98. The van der Waals surface area contributed by atoms with Crippen LogP contribution in [0.3, 0.4) is 0 Å². The van der Waals surface area contributed by atoms with Crippen LogP contribution in [0.2, 0.25) is 0 Å². The van der Waals surface area contributed by atoms with Gasteiger partial charge >= 0.3 is 0 Å². The Hall–Kier alpha value is -3.30. The number of quaternary nitrogens is 1. The van der Waals surface area contributed by atoms with Gasteiger partial charge < -0.3 is 4.74 Å². The minimum atomic E-state index is -0.244. The Kier molecular flexibility index (Phi) is 5.51. The minimum absolute atomic E-state index is 0.0208. The highest BCUT2D eigenvalue weighted by Gasteiger charge is 2.59. The number of ether oxygens (including phenoxy) is 1. The number of anilines is 1. The second-order valence-electron chi connectivity index (χ2n) is 9.97. The summed E-state index contributed by atoms with van der Waals surface area (Å²) in [6.45, 7) is 2.16. The third kappa shape index (κ3) is 3.59. The van der Waals surface area contributed by atoms with Gasteiger partial charge in [0.05, 0.1) is 54.1 Å². The smallest absolute Gasteiger partial charge is 0.225 e. The number of nitrogens with zero attached hydrogens (tertiary/aromatic N) is 6. The van der Waals surface area contributed by atoms with Crippen LogP contribution in [-0.4, -0.2) is 57.8 Å². The monoisotopic (exact) mass is 509 g/mol. The fourth-order valence-electron chi connectivity index (χ4n) is 6.05. The molecule has 2 atom stereocenters. The molecule has 2 unspecified atom stereocenters. The molecule has 0 radical (unpaired) electrons. The Morgan fingerprint density at radius 2 is 1.92 bits per heavy atom. The number of allylic oxidation sites excluding steroid dienone is 1. The van der Waals surface area contributed by atoms with E-state index in [2.05, 4.69) is 80.7 Å². The first-order valence-electron chi connectivity index (χ1n) is 12.8. The Morgan fingerprint density at radius 3 is 2.73 bits per heavy atom. The highest BCUT2D eigenvalue weighted by Crippen LogP contribution is 2.50. The Bertz CT molecular complexity index is 1460. The molecule has 8 heteroatoms. The SMILES string of the molecule is SC1COCCN1C1(N(c2ccc3ccc(-c4ccccc4)nc3c2)[N+]23C=CN=CC2=CN=C3)CCC1. The number of thiol groups is 1. The number of rotatable bonds is 5. The maximum absolute atomic E-state index is 5.78. The second-order valence-corrected chi connectivity index (χ2v) is 10.6. The van der Waals surface area contributed by atoms with Crippen LogP contribution in [0.1, 0.15) is 19.3 Å². The summed E-state index contributed by atoms with van der Waals surface area (Å²) in [7, 11) is 0. The molecule has 4 heterocycles. The molecular weight excluding hydrogens is 480 g/mol. The highest BCUT2D eigenvalue weighted by atomic mass is 32.1. The van der Waals surface area contributed by atoms with Crippen molar-refractivity contribution in [2.45, 2.75) is 30.3 Å². The van der Waals surface area contributed by atoms with Crippen molar-refractivity contribution in [3.05, 3.63) is 85.0 Å². The number of hydrogen-bond donors (Lipinski definition) is 1. The van der Waals surface area contributed by atoms with Crippen molar-refractivity contribution in [2.75, 3.05) is 24.8 Å². The molecule has 2 fully saturated rings. The summed E-state index contributed by atoms with van der Waals surface area (Å²) in [4.78, 5) is 16.7. The zero-order valence-electron chi connectivity index (χ0n) is 20.5. The first-order valence-corrected chi connectivity index (χ1v) is 13.4. The van der Waals surface area contributed by atoms with Crippen molar-refractivity contribution in [3.63, 3.8) is 0 Å². The number of benzene rings is 2. The molecule has 4 aliphatic rings. The predicted octanol–water partition coefficient (Wildman–Crippen LogP) is 5.35. The van der Waals surface area contributed by atoms with Gasteiger partial charge in [0.25, 0.3) is 0 Å². The molecule has 7 rings (SSSR count). The van der Waals surface area contributed by atoms with Gasteiger partial charge in [0.15, 0.2) is 6.20 Å². The lowest BCUT2D eigenvalue weighted by Crippen LogP contribution is -2.76. The summed E-state index contributed by atoms with van der Waals surface area (Å²) < 4.78 is 6.15. The van der Waals surface area contributed by atoms with E-state index in [1.807, 2.05) is 31.0 Å². The van der Waals surface area contributed by atoms with Gasteiger partial charge in [0, 0.05) is 17.5 Å². The van der Waals surface area contributed by atoms with Gasteiger partial charge in [-0.25, -0.2) is 9.98 Å². The maximum atomic E-state index is 5.78. The van der Waals surface area contributed by atoms with Crippen LogP contribution in [0, 0.1) is 0 Å². The average molecular weight is 510 g/mol. The normalized spacial score (nSPS) is 26.1. The zero-order chi connectivity index (χ0) is 24.9. The Morgan fingerprint density at radius 1 is 1.05 bits per heavy atom. The first-order chi connectivity index (χ1) is 18.2. The molecule has 1 aliphatic carbocycles. The molecule has 2 aromatic carbocycles. The van der Waals surface area contributed by atoms with Crippen molar-refractivity contribution in [1.29, 1.82) is 0 Å². The van der Waals surface area contributed by atoms with E-state index in [4.69, 9.17) is 22.3 Å². The maximum Gasteiger partial charge on any atom is 0.225 e. The molecular formula is C29H29N6OS+. The predicted molar refractivity (Wildman–Crippen MR) is 151 cm³/mol. The van der Waals surface area contributed by atoms with E-state index in [-0.39, 0.29) is 11.0 Å². The van der Waals surface area contributed by atoms with Crippen molar-refractivity contribution in [1.82, 2.24) is 9.88 Å². The minimum Gasteiger partial charge on any atom is -0.378 e. The van der Waals surface area contributed by atoms with Crippen LogP contribution >= 0.6 is 12.6 Å². The van der Waals surface area contributed by atoms with E-state index in [0.717, 1.165) is 59.4 Å². The summed E-state index contributed by atoms with van der Waals surface area (Å²) in [5.74, 6) is 0. The van der Waals surface area contributed by atoms with Crippen molar-refractivity contribution < 1.29 is 9.33 Å². The molecule has 1 aromatic heterocycles. The van der Waals surface area contributed by atoms with Gasteiger partial charge in [-0.05, 0) is 37.5 Å². The number of aromatic nitrogens is 1. The van der Waals surface area contributed by atoms with E-state index in [9.17, 15) is 0 Å². The van der Waals surface area contributed by atoms with E-state index in [1.165, 1.54) is 0 Å². The number of hydrogen-bond acceptors (Lipinski definition) is 7. The van der Waals surface area contributed by atoms with E-state index < -0.39 is 0 Å². The van der Waals surface area contributed by atoms with Gasteiger partial charge in [-0.15, -0.1) is 4.59 Å². The molecule has 186 valence electrons. The lowest BCUT2D eigenvalue weighted by molar-refractivity contribution is -0.754. The summed E-state index contributed by atoms with van der Waals surface area (Å²) in [5, 5.41) is 3.64. The van der Waals surface area contributed by atoms with Gasteiger partial charge in [0.2, 0.25) is 12.0 Å². The van der Waals surface area contributed by atoms with Crippen LogP contribution in [-0.2, 0) is 4.74 Å². The van der Waals surface area contributed by atoms with Crippen LogP contribution in [0.25, 0.3) is 22.2 Å². The van der Waals surface area contributed by atoms with Crippen molar-refractivity contribution in [2.24, 2.45) is 9.98 Å². The van der Waals surface area contributed by atoms with E-state index in [1.54, 1.807) is 0 Å². The molecule has 0 N–H and O–H groups in total. The van der Waals surface area contributed by atoms with E-state index in [0.29, 0.717) is 17.8 Å². The van der Waals surface area contributed by atoms with E-state index >= 15 is 0 Å². The largest absolute Gasteiger partial charge is 0.378 e. The first kappa shape index (κ1) is 22.9. The van der Waals surface area contributed by atoms with Crippen LogP contribution < -0.4 is 5.01 Å². The Balaban J connectivity index is 1.41. The number of morpholine rings is 1. The van der Waals surface area contributed by atoms with Crippen LogP contribution in [0.4, 0.5) is 5.69 Å². The van der Waals surface area contributed by atoms with Gasteiger partial charge in [0.1, 0.15) is 5.66 Å². The van der Waals surface area contributed by atoms with Gasteiger partial charge in [-0.3, -0.25) is 9.89 Å². The average Bonchev–Trinajstić information content (AvgIpc) is 3.36. The molecule has 3 aliphatic heterocycles. The van der Waals surface area contributed by atoms with Crippen molar-refractivity contribution >= 4 is 41.8 Å². The topological polar surface area (TPSA) is 53.3 Å². The summed E-state index contributed by atoms with van der Waals surface area (Å²) in [5.41, 5.74) is 4.92. The number of fused-ring (bicyclic) bond motifs is 2. The molecule has 1 saturated heterocycles. The third-order valence-corrected chi connectivity index (χ3v) is 8.38. The quantitative estimate of drug-likeness (QED) is 0.372. The lowest BCUT2D eigenvalue weighted by atomic mass is 9.81. The second kappa shape index (κ2) is 8.92. The fraction of sp³-hybridized carbons (Fsp3) is 0.276. The van der Waals surface area contributed by atoms with Crippen LogP contribution in [0.5, 0.6) is 0 Å². The molecule has 1 saturated carbocycles.